The monoisotopic (exact) mass is 609 g/mol. The molecule has 0 spiro atoms. The van der Waals surface area contributed by atoms with Crippen molar-refractivity contribution in [1.29, 1.82) is 0 Å². The molecule has 0 radical (unpaired) electrons. The number of carbonyl (C=O) groups is 2. The van der Waals surface area contributed by atoms with Gasteiger partial charge in [-0.1, -0.05) is 30.3 Å². The van der Waals surface area contributed by atoms with E-state index in [4.69, 9.17) is 23.9 Å². The van der Waals surface area contributed by atoms with E-state index < -0.39 is 24.1 Å². The van der Waals surface area contributed by atoms with Gasteiger partial charge in [-0.15, -0.1) is 0 Å². The Balaban J connectivity index is 1.35. The summed E-state index contributed by atoms with van der Waals surface area (Å²) in [5.41, 5.74) is 2.65. The number of carboxylic acids is 2. The van der Waals surface area contributed by atoms with E-state index in [-0.39, 0.29) is 0 Å². The van der Waals surface area contributed by atoms with E-state index in [1.807, 2.05) is 78.7 Å². The summed E-state index contributed by atoms with van der Waals surface area (Å²) in [5, 5.41) is 21.9. The molecule has 1 aromatic heterocycles. The number of carboxylic acid groups (broad SMARTS) is 2. The van der Waals surface area contributed by atoms with E-state index >= 15 is 0 Å². The maximum atomic E-state index is 11.3. The normalized spacial score (nSPS) is 12.3. The van der Waals surface area contributed by atoms with Crippen LogP contribution in [0.5, 0.6) is 11.5 Å². The number of pyridine rings is 1. The Morgan fingerprint density at radius 1 is 0.795 bits per heavy atom. The molecule has 2 aromatic carbocycles. The van der Waals surface area contributed by atoms with Gasteiger partial charge in [-0.3, -0.25) is 0 Å². The van der Waals surface area contributed by atoms with Crippen molar-refractivity contribution in [2.75, 3.05) is 51.5 Å². The van der Waals surface area contributed by atoms with Gasteiger partial charge in [-0.25, -0.2) is 14.6 Å². The summed E-state index contributed by atoms with van der Waals surface area (Å²) >= 11 is 0. The quantitative estimate of drug-likeness (QED) is 0.152. The van der Waals surface area contributed by atoms with Gasteiger partial charge in [0.1, 0.15) is 30.5 Å². The van der Waals surface area contributed by atoms with Crippen LogP contribution in [0.2, 0.25) is 0 Å². The fourth-order valence-electron chi connectivity index (χ4n) is 4.36. The van der Waals surface area contributed by atoms with Gasteiger partial charge >= 0.3 is 11.9 Å². The summed E-state index contributed by atoms with van der Waals surface area (Å²) in [6.07, 6.45) is -1.10. The van der Waals surface area contributed by atoms with Crippen molar-refractivity contribution in [2.45, 2.75) is 45.4 Å². The van der Waals surface area contributed by atoms with Crippen molar-refractivity contribution >= 4 is 17.8 Å². The number of hydrogen-bond acceptors (Lipinski definition) is 9. The number of anilines is 1. The topological polar surface area (TPSA) is 140 Å². The minimum Gasteiger partial charge on any atom is -0.492 e. The Hall–Kier alpha value is -4.19. The number of aromatic nitrogens is 1. The van der Waals surface area contributed by atoms with Gasteiger partial charge < -0.3 is 39.4 Å². The first-order valence-electron chi connectivity index (χ1n) is 14.8. The smallest absolute Gasteiger partial charge is 0.333 e. The van der Waals surface area contributed by atoms with Crippen LogP contribution in [0.1, 0.15) is 30.7 Å². The molecule has 0 amide bonds. The highest BCUT2D eigenvalue weighted by Gasteiger charge is 2.19. The first-order chi connectivity index (χ1) is 21.3. The Bertz CT molecular complexity index is 1290. The highest BCUT2D eigenvalue weighted by atomic mass is 16.5. The average molecular weight is 610 g/mol. The standard InChI is InChI=1S/C33H43N3O8/c1-4-41-29(32(37)38)21-24-9-13-27(14-10-24)43-19-17-34-23-26-7-6-8-31(35-26)36(3)18-20-44-28-15-11-25(12-16-28)22-30(33(39)40)42-5-2/h6-16,29-30,34H,4-5,17-23H2,1-3H3,(H,37,38)(H,39,40). The third-order valence-corrected chi connectivity index (χ3v) is 6.71. The Kier molecular flexibility index (Phi) is 14.4. The first kappa shape index (κ1) is 34.3. The van der Waals surface area contributed by atoms with E-state index in [2.05, 4.69) is 5.32 Å². The molecule has 0 saturated heterocycles. The van der Waals surface area contributed by atoms with E-state index in [0.717, 1.165) is 22.6 Å². The predicted molar refractivity (Wildman–Crippen MR) is 167 cm³/mol. The molecule has 44 heavy (non-hydrogen) atoms. The average Bonchev–Trinajstić information content (AvgIpc) is 3.02. The van der Waals surface area contributed by atoms with Crippen LogP contribution >= 0.6 is 0 Å². The molecule has 3 aromatic rings. The third kappa shape index (κ3) is 11.8. The lowest BCUT2D eigenvalue weighted by molar-refractivity contribution is -0.150. The van der Waals surface area contributed by atoms with E-state index in [0.29, 0.717) is 70.4 Å². The zero-order chi connectivity index (χ0) is 31.7. The SMILES string of the molecule is CCOC(Cc1ccc(OCCNCc2cccc(N(C)CCOc3ccc(CC(OCC)C(=O)O)cc3)n2)cc1)C(=O)O. The summed E-state index contributed by atoms with van der Waals surface area (Å²) in [5.74, 6) is 0.329. The summed E-state index contributed by atoms with van der Waals surface area (Å²) in [4.78, 5) is 29.4. The number of hydrogen-bond donors (Lipinski definition) is 3. The fraction of sp³-hybridized carbons (Fsp3) is 0.424. The number of rotatable bonds is 21. The van der Waals surface area contributed by atoms with Crippen LogP contribution in [0.4, 0.5) is 5.82 Å². The highest BCUT2D eigenvalue weighted by molar-refractivity contribution is 5.73. The van der Waals surface area contributed by atoms with Crippen molar-refractivity contribution in [3.63, 3.8) is 0 Å². The van der Waals surface area contributed by atoms with Gasteiger partial charge in [0.2, 0.25) is 0 Å². The molecule has 11 nitrogen and oxygen atoms in total. The summed E-state index contributed by atoms with van der Waals surface area (Å²) in [7, 11) is 1.96. The van der Waals surface area contributed by atoms with Crippen LogP contribution in [-0.4, -0.2) is 85.9 Å². The molecule has 0 aliphatic heterocycles. The second-order valence-electron chi connectivity index (χ2n) is 10.0. The number of likely N-dealkylation sites (N-methyl/N-ethyl adjacent to an activating group) is 1. The van der Waals surface area contributed by atoms with Crippen LogP contribution in [0, 0.1) is 0 Å². The van der Waals surface area contributed by atoms with Gasteiger partial charge in [0.15, 0.2) is 12.2 Å². The number of ether oxygens (including phenoxy) is 4. The van der Waals surface area contributed by atoms with Crippen molar-refractivity contribution in [3.8, 4) is 11.5 Å². The van der Waals surface area contributed by atoms with Crippen LogP contribution in [0.25, 0.3) is 0 Å². The molecular weight excluding hydrogens is 566 g/mol. The Labute approximate surface area is 258 Å². The molecule has 3 rings (SSSR count). The summed E-state index contributed by atoms with van der Waals surface area (Å²) in [6, 6.07) is 20.7. The molecule has 0 fully saturated rings. The Morgan fingerprint density at radius 2 is 1.32 bits per heavy atom. The van der Waals surface area contributed by atoms with Gasteiger partial charge in [0, 0.05) is 46.2 Å². The molecule has 1 heterocycles. The highest BCUT2D eigenvalue weighted by Crippen LogP contribution is 2.16. The molecule has 2 unspecified atom stereocenters. The minimum atomic E-state index is -0.968. The van der Waals surface area contributed by atoms with Gasteiger partial charge in [0.25, 0.3) is 0 Å². The molecular formula is C33H43N3O8. The minimum absolute atomic E-state index is 0.303. The Morgan fingerprint density at radius 3 is 1.82 bits per heavy atom. The summed E-state index contributed by atoms with van der Waals surface area (Å²) < 4.78 is 22.2. The second kappa shape index (κ2) is 18.5. The van der Waals surface area contributed by atoms with Gasteiger partial charge in [-0.05, 0) is 61.4 Å². The first-order valence-corrected chi connectivity index (χ1v) is 14.8. The number of nitrogens with zero attached hydrogens (tertiary/aromatic N) is 2. The molecule has 0 bridgehead atoms. The molecule has 0 aliphatic rings. The number of nitrogens with one attached hydrogen (secondary N) is 1. The number of aliphatic carboxylic acids is 2. The van der Waals surface area contributed by atoms with Crippen molar-refractivity contribution in [1.82, 2.24) is 10.3 Å². The van der Waals surface area contributed by atoms with Crippen LogP contribution in [0.3, 0.4) is 0 Å². The zero-order valence-electron chi connectivity index (χ0n) is 25.6. The molecule has 3 N–H and O–H groups in total. The molecule has 11 heteroatoms. The van der Waals surface area contributed by atoms with E-state index in [1.54, 1.807) is 13.8 Å². The molecule has 0 aliphatic carbocycles. The van der Waals surface area contributed by atoms with Crippen molar-refractivity contribution in [2.24, 2.45) is 0 Å². The van der Waals surface area contributed by atoms with Crippen molar-refractivity contribution < 1.29 is 38.7 Å². The molecule has 2 atom stereocenters. The van der Waals surface area contributed by atoms with E-state index in [9.17, 15) is 19.8 Å². The largest absolute Gasteiger partial charge is 0.492 e. The van der Waals surface area contributed by atoms with Gasteiger partial charge in [-0.2, -0.15) is 0 Å². The number of benzene rings is 2. The molecule has 0 saturated carbocycles. The maximum Gasteiger partial charge on any atom is 0.333 e. The van der Waals surface area contributed by atoms with Crippen molar-refractivity contribution in [3.05, 3.63) is 83.6 Å². The lowest BCUT2D eigenvalue weighted by Gasteiger charge is -2.19. The lowest BCUT2D eigenvalue weighted by Crippen LogP contribution is -2.26. The van der Waals surface area contributed by atoms with Crippen LogP contribution in [-0.2, 0) is 38.4 Å². The predicted octanol–water partition coefficient (Wildman–Crippen LogP) is 3.83. The second-order valence-corrected chi connectivity index (χ2v) is 10.0. The van der Waals surface area contributed by atoms with Gasteiger partial charge in [0.05, 0.1) is 12.2 Å². The van der Waals surface area contributed by atoms with E-state index in [1.165, 1.54) is 0 Å². The fourth-order valence-corrected chi connectivity index (χ4v) is 4.36. The molecule has 238 valence electrons. The summed E-state index contributed by atoms with van der Waals surface area (Å²) in [6.45, 7) is 7.04. The van der Waals surface area contributed by atoms with Crippen LogP contribution < -0.4 is 19.7 Å². The lowest BCUT2D eigenvalue weighted by atomic mass is 10.1. The zero-order valence-corrected chi connectivity index (χ0v) is 25.6. The van der Waals surface area contributed by atoms with Crippen LogP contribution in [0.15, 0.2) is 66.7 Å². The third-order valence-electron chi connectivity index (χ3n) is 6.71. The maximum absolute atomic E-state index is 11.3.